The Hall–Kier alpha value is -5.17. The molecule has 13 nitrogen and oxygen atoms in total. The Morgan fingerprint density at radius 3 is 1.96 bits per heavy atom. The zero-order chi connectivity index (χ0) is 37.9. The number of amides is 2. The van der Waals surface area contributed by atoms with Gasteiger partial charge in [0.25, 0.3) is 0 Å². The van der Waals surface area contributed by atoms with Gasteiger partial charge in [-0.25, -0.2) is 4.79 Å². The smallest absolute Gasteiger partial charge is 0.338 e. The summed E-state index contributed by atoms with van der Waals surface area (Å²) in [6.45, 7) is 6.98. The first kappa shape index (κ1) is 38.1. The van der Waals surface area contributed by atoms with Gasteiger partial charge in [0.15, 0.2) is 23.0 Å². The summed E-state index contributed by atoms with van der Waals surface area (Å²) in [7, 11) is 9.16. The first-order chi connectivity index (χ1) is 25.0. The number of carbonyl (C=O) groups is 3. The molecule has 0 saturated carbocycles. The molecule has 1 saturated heterocycles. The third kappa shape index (κ3) is 6.76. The van der Waals surface area contributed by atoms with Crippen molar-refractivity contribution >= 4 is 17.8 Å². The van der Waals surface area contributed by atoms with Gasteiger partial charge >= 0.3 is 5.97 Å². The average Bonchev–Trinajstić information content (AvgIpc) is 3.14. The first-order valence-electron chi connectivity index (χ1n) is 17.0. The van der Waals surface area contributed by atoms with E-state index in [-0.39, 0.29) is 44.1 Å². The molecule has 3 aromatic rings. The van der Waals surface area contributed by atoms with Crippen LogP contribution in [-0.2, 0) is 31.9 Å². The van der Waals surface area contributed by atoms with E-state index < -0.39 is 24.1 Å². The van der Waals surface area contributed by atoms with Gasteiger partial charge in [0.2, 0.25) is 11.8 Å². The van der Waals surface area contributed by atoms with E-state index in [1.165, 1.54) is 52.5 Å². The minimum atomic E-state index is -1.04. The molecule has 0 radical (unpaired) electrons. The van der Waals surface area contributed by atoms with Crippen LogP contribution in [0, 0.1) is 13.8 Å². The second kappa shape index (κ2) is 16.0. The highest BCUT2D eigenvalue weighted by Crippen LogP contribution is 2.52. The summed E-state index contributed by atoms with van der Waals surface area (Å²) in [4.78, 5) is 46.3. The lowest BCUT2D eigenvalue weighted by molar-refractivity contribution is -0.174. The fraction of sp³-hybridized carbons (Fsp3) is 0.462. The standard InChI is InChI=1S/C39H48N2O11/c1-21(2)52-20-40-27(16-25-17-30(45-5)34(48-8)22(3)32(25)46-6)38(43)41-28(37(40)42)18-26-31(36(50-10)35(49-9)23(4)33(26)47-7)29(41)19-51-39(44)24-14-12-11-13-15-24/h11-15,17,21,27-29H,16,18-20H2,1-10H3/t27-,28-,29+/m0/s1. The number of ether oxygens (including phenoxy) is 8. The van der Waals surface area contributed by atoms with Crippen molar-refractivity contribution in [3.8, 4) is 34.5 Å². The highest BCUT2D eigenvalue weighted by atomic mass is 16.5. The van der Waals surface area contributed by atoms with Crippen LogP contribution in [0.3, 0.4) is 0 Å². The Morgan fingerprint density at radius 1 is 0.769 bits per heavy atom. The van der Waals surface area contributed by atoms with Gasteiger partial charge in [-0.15, -0.1) is 0 Å². The number of fused-ring (bicyclic) bond motifs is 2. The van der Waals surface area contributed by atoms with E-state index in [1.807, 2.05) is 27.7 Å². The monoisotopic (exact) mass is 720 g/mol. The molecule has 2 aliphatic rings. The van der Waals surface area contributed by atoms with Crippen LogP contribution in [-0.4, -0.2) is 102 Å². The van der Waals surface area contributed by atoms with Crippen LogP contribution in [0.1, 0.15) is 58.1 Å². The van der Waals surface area contributed by atoms with Gasteiger partial charge in [0.05, 0.1) is 60.4 Å². The van der Waals surface area contributed by atoms with E-state index in [9.17, 15) is 9.59 Å². The Labute approximate surface area is 304 Å². The van der Waals surface area contributed by atoms with Crippen LogP contribution >= 0.6 is 0 Å². The molecular weight excluding hydrogens is 672 g/mol. The third-order valence-corrected chi connectivity index (χ3v) is 9.70. The number of nitrogens with zero attached hydrogens (tertiary/aromatic N) is 2. The van der Waals surface area contributed by atoms with E-state index in [0.717, 1.165) is 0 Å². The topological polar surface area (TPSA) is 132 Å². The second-order valence-electron chi connectivity index (χ2n) is 12.9. The molecule has 5 rings (SSSR count). The van der Waals surface area contributed by atoms with Crippen molar-refractivity contribution in [1.29, 1.82) is 0 Å². The van der Waals surface area contributed by atoms with Gasteiger partial charge < -0.3 is 47.7 Å². The summed E-state index contributed by atoms with van der Waals surface area (Å²) < 4.78 is 46.7. The molecule has 2 aliphatic heterocycles. The Bertz CT molecular complexity index is 1810. The maximum absolute atomic E-state index is 15.2. The van der Waals surface area contributed by atoms with E-state index in [2.05, 4.69) is 0 Å². The van der Waals surface area contributed by atoms with Crippen LogP contribution in [0.5, 0.6) is 34.5 Å². The van der Waals surface area contributed by atoms with Crippen LogP contribution in [0.4, 0.5) is 0 Å². The van der Waals surface area contributed by atoms with Crippen LogP contribution in [0.2, 0.25) is 0 Å². The molecule has 2 heterocycles. The highest BCUT2D eigenvalue weighted by molar-refractivity contribution is 5.98. The van der Waals surface area contributed by atoms with Crippen molar-refractivity contribution in [3.05, 3.63) is 69.8 Å². The van der Waals surface area contributed by atoms with E-state index in [0.29, 0.717) is 67.9 Å². The summed E-state index contributed by atoms with van der Waals surface area (Å²) in [6.07, 6.45) is -0.0613. The van der Waals surface area contributed by atoms with E-state index in [4.69, 9.17) is 37.9 Å². The lowest BCUT2D eigenvalue weighted by Gasteiger charge is -2.51. The van der Waals surface area contributed by atoms with Crippen LogP contribution in [0.25, 0.3) is 0 Å². The molecule has 3 aromatic carbocycles. The lowest BCUT2D eigenvalue weighted by Crippen LogP contribution is -2.68. The summed E-state index contributed by atoms with van der Waals surface area (Å²) in [5.74, 6) is 1.39. The molecule has 0 N–H and O–H groups in total. The SMILES string of the molecule is COc1cc(C[C@H]2C(=O)N3[C@H](COC(=O)c4ccccc4)c4c(c(OC)c(C)c(OC)c4OC)C[C@H]3C(=O)N2COC(C)C)c(OC)c(C)c1OC. The third-order valence-electron chi connectivity index (χ3n) is 9.70. The van der Waals surface area contributed by atoms with Gasteiger partial charge in [-0.3, -0.25) is 9.59 Å². The van der Waals surface area contributed by atoms with Gasteiger partial charge in [-0.2, -0.15) is 0 Å². The number of carbonyl (C=O) groups excluding carboxylic acids is 3. The number of hydrogen-bond donors (Lipinski definition) is 0. The number of hydrogen-bond acceptors (Lipinski definition) is 11. The first-order valence-corrected chi connectivity index (χ1v) is 17.0. The molecule has 52 heavy (non-hydrogen) atoms. The molecule has 0 aliphatic carbocycles. The maximum atomic E-state index is 15.2. The van der Waals surface area contributed by atoms with Crippen molar-refractivity contribution in [2.45, 2.75) is 64.8 Å². The largest absolute Gasteiger partial charge is 0.496 e. The van der Waals surface area contributed by atoms with Crippen molar-refractivity contribution < 1.29 is 52.3 Å². The molecule has 2 amide bonds. The van der Waals surface area contributed by atoms with Crippen molar-refractivity contribution in [3.63, 3.8) is 0 Å². The number of rotatable bonds is 14. The fourth-order valence-electron chi connectivity index (χ4n) is 7.40. The maximum Gasteiger partial charge on any atom is 0.338 e. The Morgan fingerprint density at radius 2 is 1.38 bits per heavy atom. The molecule has 0 bridgehead atoms. The Balaban J connectivity index is 1.70. The molecule has 1 fully saturated rings. The van der Waals surface area contributed by atoms with Crippen LogP contribution in [0.15, 0.2) is 36.4 Å². The summed E-state index contributed by atoms with van der Waals surface area (Å²) in [5, 5.41) is 0. The molecule has 3 atom stereocenters. The molecule has 0 unspecified atom stereocenters. The number of methoxy groups -OCH3 is 6. The van der Waals surface area contributed by atoms with Crippen molar-refractivity contribution in [1.82, 2.24) is 9.80 Å². The quantitative estimate of drug-likeness (QED) is 0.212. The van der Waals surface area contributed by atoms with Gasteiger partial charge in [-0.05, 0) is 45.9 Å². The van der Waals surface area contributed by atoms with Crippen molar-refractivity contribution in [2.24, 2.45) is 0 Å². The normalized spacial score (nSPS) is 18.1. The summed E-state index contributed by atoms with van der Waals surface area (Å²) in [5.41, 5.74) is 3.49. The fourth-order valence-corrected chi connectivity index (χ4v) is 7.40. The summed E-state index contributed by atoms with van der Waals surface area (Å²) >= 11 is 0. The number of piperazine rings is 1. The minimum absolute atomic E-state index is 0.0562. The van der Waals surface area contributed by atoms with Gasteiger partial charge in [0, 0.05) is 40.7 Å². The lowest BCUT2D eigenvalue weighted by atomic mass is 9.82. The molecule has 0 spiro atoms. The predicted octanol–water partition coefficient (Wildman–Crippen LogP) is 4.84. The van der Waals surface area contributed by atoms with Gasteiger partial charge in [0.1, 0.15) is 36.9 Å². The molecular formula is C39H48N2O11. The average molecular weight is 721 g/mol. The zero-order valence-corrected chi connectivity index (χ0v) is 31.5. The van der Waals surface area contributed by atoms with E-state index in [1.54, 1.807) is 36.4 Å². The van der Waals surface area contributed by atoms with Gasteiger partial charge in [-0.1, -0.05) is 18.2 Å². The Kier molecular flexibility index (Phi) is 11.7. The molecule has 13 heteroatoms. The second-order valence-corrected chi connectivity index (χ2v) is 12.9. The predicted molar refractivity (Wildman–Crippen MR) is 191 cm³/mol. The minimum Gasteiger partial charge on any atom is -0.496 e. The van der Waals surface area contributed by atoms with Crippen molar-refractivity contribution in [2.75, 3.05) is 56.0 Å². The molecule has 280 valence electrons. The number of esters is 1. The highest BCUT2D eigenvalue weighted by Gasteiger charge is 2.53. The molecule has 0 aromatic heterocycles. The zero-order valence-electron chi connectivity index (χ0n) is 31.5. The van der Waals surface area contributed by atoms with E-state index >= 15 is 4.79 Å². The summed E-state index contributed by atoms with van der Waals surface area (Å²) in [6, 6.07) is 7.34. The van der Waals surface area contributed by atoms with Crippen LogP contribution < -0.4 is 28.4 Å². The number of benzene rings is 3.